The van der Waals surface area contributed by atoms with Crippen LogP contribution in [0.15, 0.2) is 18.5 Å². The number of rotatable bonds is 5. The molecule has 1 atom stereocenters. The van der Waals surface area contributed by atoms with Crippen LogP contribution >= 0.6 is 0 Å². The minimum Gasteiger partial charge on any atom is -0.483 e. The predicted octanol–water partition coefficient (Wildman–Crippen LogP) is 2.47. The molecule has 2 N–H and O–H groups in total. The average Bonchev–Trinajstić information content (AvgIpc) is 3.24. The first-order valence-corrected chi connectivity index (χ1v) is 10.3. The summed E-state index contributed by atoms with van der Waals surface area (Å²) in [7, 11) is 0. The van der Waals surface area contributed by atoms with Gasteiger partial charge in [-0.25, -0.2) is 8.78 Å². The van der Waals surface area contributed by atoms with Crippen LogP contribution in [0.2, 0.25) is 0 Å². The van der Waals surface area contributed by atoms with E-state index in [0.29, 0.717) is 19.3 Å². The van der Waals surface area contributed by atoms with E-state index in [4.69, 9.17) is 9.90 Å². The molecular formula is C20H30F2N4O4. The maximum Gasteiger partial charge on any atom is 0.290 e. The van der Waals surface area contributed by atoms with Crippen molar-refractivity contribution in [3.05, 3.63) is 18.5 Å². The van der Waals surface area contributed by atoms with Crippen LogP contribution < -0.4 is 5.32 Å². The van der Waals surface area contributed by atoms with E-state index in [1.807, 2.05) is 6.92 Å². The number of hydrogen-bond donors (Lipinski definition) is 2. The fourth-order valence-corrected chi connectivity index (χ4v) is 4.05. The Morgan fingerprint density at radius 2 is 1.87 bits per heavy atom. The van der Waals surface area contributed by atoms with Crippen LogP contribution in [0.4, 0.5) is 8.78 Å². The Morgan fingerprint density at radius 3 is 2.37 bits per heavy atom. The van der Waals surface area contributed by atoms with Gasteiger partial charge in [-0.2, -0.15) is 5.10 Å². The van der Waals surface area contributed by atoms with Crippen molar-refractivity contribution in [1.29, 1.82) is 0 Å². The minimum absolute atomic E-state index is 0.00162. The molecule has 2 heterocycles. The molecule has 168 valence electrons. The molecule has 8 nitrogen and oxygen atoms in total. The van der Waals surface area contributed by atoms with Crippen molar-refractivity contribution in [2.45, 2.75) is 69.9 Å². The number of nitrogens with zero attached hydrogens (tertiary/aromatic N) is 3. The van der Waals surface area contributed by atoms with Gasteiger partial charge in [-0.3, -0.25) is 19.1 Å². The number of carbonyl (C=O) groups is 3. The van der Waals surface area contributed by atoms with Gasteiger partial charge in [-0.15, -0.1) is 0 Å². The third-order valence-corrected chi connectivity index (χ3v) is 5.76. The van der Waals surface area contributed by atoms with E-state index in [2.05, 4.69) is 10.4 Å². The van der Waals surface area contributed by atoms with Crippen molar-refractivity contribution >= 4 is 18.3 Å². The standard InChI is InChI=1S/C19H28F2N4O2.CH2O2/c1-2-16(25-11-3-10-22-25)17(26)23-15-6-4-14(5-7-15)18(27)24-12-8-19(20,21)9-13-24;2-1-3/h3,10-11,14-16H,2,4-9,12-13H2,1H3,(H,23,26);1H,(H,2,3). The van der Waals surface area contributed by atoms with Crippen LogP contribution in [0.1, 0.15) is 57.9 Å². The first-order chi connectivity index (χ1) is 14.3. The fourth-order valence-electron chi connectivity index (χ4n) is 4.05. The second-order valence-electron chi connectivity index (χ2n) is 7.75. The van der Waals surface area contributed by atoms with Crippen molar-refractivity contribution in [2.75, 3.05) is 13.1 Å². The summed E-state index contributed by atoms with van der Waals surface area (Å²) in [6, 6.07) is 1.52. The zero-order chi connectivity index (χ0) is 22.1. The predicted molar refractivity (Wildman–Crippen MR) is 105 cm³/mol. The van der Waals surface area contributed by atoms with E-state index in [9.17, 15) is 18.4 Å². The second-order valence-corrected chi connectivity index (χ2v) is 7.75. The van der Waals surface area contributed by atoms with Crippen molar-refractivity contribution in [2.24, 2.45) is 5.92 Å². The molecule has 1 aromatic rings. The van der Waals surface area contributed by atoms with E-state index in [0.717, 1.165) is 12.8 Å². The Hall–Kier alpha value is -2.52. The molecule has 2 fully saturated rings. The van der Waals surface area contributed by atoms with Gasteiger partial charge >= 0.3 is 0 Å². The third-order valence-electron chi connectivity index (χ3n) is 5.76. The lowest BCUT2D eigenvalue weighted by molar-refractivity contribution is -0.142. The minimum atomic E-state index is -2.64. The molecule has 1 aromatic heterocycles. The van der Waals surface area contributed by atoms with Gasteiger partial charge in [-0.1, -0.05) is 6.92 Å². The highest BCUT2D eigenvalue weighted by molar-refractivity contribution is 5.81. The Labute approximate surface area is 174 Å². The molecule has 1 saturated carbocycles. The Bertz CT molecular complexity index is 681. The quantitative estimate of drug-likeness (QED) is 0.701. The van der Waals surface area contributed by atoms with Crippen molar-refractivity contribution < 1.29 is 28.3 Å². The van der Waals surface area contributed by atoms with E-state index in [1.165, 1.54) is 0 Å². The molecule has 0 bridgehead atoms. The lowest BCUT2D eigenvalue weighted by atomic mass is 9.84. The summed E-state index contributed by atoms with van der Waals surface area (Å²) in [4.78, 5) is 35.1. The van der Waals surface area contributed by atoms with Crippen LogP contribution in [0.5, 0.6) is 0 Å². The molecule has 0 radical (unpaired) electrons. The second kappa shape index (κ2) is 11.0. The number of likely N-dealkylation sites (tertiary alicyclic amines) is 1. The molecule has 3 rings (SSSR count). The summed E-state index contributed by atoms with van der Waals surface area (Å²) in [6.45, 7) is 1.98. The summed E-state index contributed by atoms with van der Waals surface area (Å²) in [5.74, 6) is -2.80. The molecule has 0 aromatic carbocycles. The highest BCUT2D eigenvalue weighted by Gasteiger charge is 2.38. The number of amides is 2. The zero-order valence-electron chi connectivity index (χ0n) is 17.2. The largest absolute Gasteiger partial charge is 0.483 e. The number of halogens is 2. The highest BCUT2D eigenvalue weighted by Crippen LogP contribution is 2.31. The van der Waals surface area contributed by atoms with Gasteiger partial charge in [0.05, 0.1) is 0 Å². The van der Waals surface area contributed by atoms with E-state index >= 15 is 0 Å². The monoisotopic (exact) mass is 428 g/mol. The van der Waals surface area contributed by atoms with Crippen LogP contribution in [0.3, 0.4) is 0 Å². The summed E-state index contributed by atoms with van der Waals surface area (Å²) in [5.41, 5.74) is 0. The van der Waals surface area contributed by atoms with Gasteiger partial charge in [0.2, 0.25) is 11.8 Å². The maximum atomic E-state index is 13.3. The maximum absolute atomic E-state index is 13.3. The van der Waals surface area contributed by atoms with Crippen molar-refractivity contribution in [3.63, 3.8) is 0 Å². The zero-order valence-corrected chi connectivity index (χ0v) is 17.2. The molecule has 10 heteroatoms. The molecule has 30 heavy (non-hydrogen) atoms. The highest BCUT2D eigenvalue weighted by atomic mass is 19.3. The molecule has 1 aliphatic heterocycles. The van der Waals surface area contributed by atoms with Crippen molar-refractivity contribution in [1.82, 2.24) is 20.0 Å². The van der Waals surface area contributed by atoms with Crippen LogP contribution in [0.25, 0.3) is 0 Å². The van der Waals surface area contributed by atoms with Gasteiger partial charge in [0.15, 0.2) is 0 Å². The third kappa shape index (κ3) is 6.50. The number of nitrogens with one attached hydrogen (secondary N) is 1. The Kier molecular flexibility index (Phi) is 8.73. The summed E-state index contributed by atoms with van der Waals surface area (Å²) >= 11 is 0. The van der Waals surface area contributed by atoms with Crippen LogP contribution in [-0.2, 0) is 14.4 Å². The number of hydrogen-bond acceptors (Lipinski definition) is 4. The fraction of sp³-hybridized carbons (Fsp3) is 0.700. The van der Waals surface area contributed by atoms with Gasteiger partial charge in [0.1, 0.15) is 6.04 Å². The Balaban J connectivity index is 0.00000101. The lowest BCUT2D eigenvalue weighted by Gasteiger charge is -2.36. The van der Waals surface area contributed by atoms with E-state index in [-0.39, 0.29) is 62.2 Å². The number of carboxylic acid groups (broad SMARTS) is 1. The lowest BCUT2D eigenvalue weighted by Crippen LogP contribution is -2.47. The number of alkyl halides is 2. The molecule has 2 aliphatic rings. The molecule has 1 saturated heterocycles. The number of piperidine rings is 1. The molecule has 1 aliphatic carbocycles. The summed E-state index contributed by atoms with van der Waals surface area (Å²) in [5, 5.41) is 14.1. The smallest absolute Gasteiger partial charge is 0.290 e. The SMILES string of the molecule is CCC(C(=O)NC1CCC(C(=O)N2CCC(F)(F)CC2)CC1)n1cccn1.O=CO. The summed E-state index contributed by atoms with van der Waals surface area (Å²) in [6.07, 6.45) is 6.47. The van der Waals surface area contributed by atoms with Gasteiger partial charge in [0, 0.05) is 50.3 Å². The van der Waals surface area contributed by atoms with Gasteiger partial charge < -0.3 is 15.3 Å². The van der Waals surface area contributed by atoms with Crippen LogP contribution in [-0.4, -0.2) is 63.1 Å². The molecular weight excluding hydrogens is 398 g/mol. The topological polar surface area (TPSA) is 105 Å². The first-order valence-electron chi connectivity index (χ1n) is 10.3. The first kappa shape index (κ1) is 23.8. The number of carbonyl (C=O) groups excluding carboxylic acids is 2. The normalized spacial score (nSPS) is 24.2. The summed E-state index contributed by atoms with van der Waals surface area (Å²) < 4.78 is 28.2. The van der Waals surface area contributed by atoms with E-state index in [1.54, 1.807) is 28.0 Å². The van der Waals surface area contributed by atoms with Crippen molar-refractivity contribution in [3.8, 4) is 0 Å². The van der Waals surface area contributed by atoms with E-state index < -0.39 is 5.92 Å². The van der Waals surface area contributed by atoms with Gasteiger partial charge in [0.25, 0.3) is 12.4 Å². The average molecular weight is 428 g/mol. The van der Waals surface area contributed by atoms with Crippen LogP contribution in [0, 0.1) is 5.92 Å². The molecule has 2 amide bonds. The molecule has 0 spiro atoms. The molecule has 1 unspecified atom stereocenters. The Morgan fingerprint density at radius 1 is 1.27 bits per heavy atom. The number of aromatic nitrogens is 2. The van der Waals surface area contributed by atoms with Gasteiger partial charge in [-0.05, 0) is 38.2 Å².